The second-order valence-electron chi connectivity index (χ2n) is 4.77. The van der Waals surface area contributed by atoms with E-state index < -0.39 is 0 Å². The van der Waals surface area contributed by atoms with Crippen LogP contribution in [0.5, 0.6) is 0 Å². The Hall–Kier alpha value is -1.75. The third kappa shape index (κ3) is 4.44. The van der Waals surface area contributed by atoms with Gasteiger partial charge in [-0.15, -0.1) is 0 Å². The van der Waals surface area contributed by atoms with Gasteiger partial charge in [-0.25, -0.2) is 9.37 Å². The summed E-state index contributed by atoms with van der Waals surface area (Å²) >= 11 is 0. The minimum Gasteiger partial charge on any atom is -0.313 e. The van der Waals surface area contributed by atoms with Crippen LogP contribution < -0.4 is 5.32 Å². The Morgan fingerprint density at radius 3 is 2.95 bits per heavy atom. The molecule has 0 radical (unpaired) electrons. The molecule has 0 aliphatic carbocycles. The highest BCUT2D eigenvalue weighted by Gasteiger charge is 2.05. The molecule has 0 aliphatic rings. The number of hydrogen-bond acceptors (Lipinski definition) is 3. The number of benzene rings is 1. The summed E-state index contributed by atoms with van der Waals surface area (Å²) in [6.45, 7) is 2.91. The van der Waals surface area contributed by atoms with Crippen LogP contribution in [0.1, 0.15) is 18.3 Å². The number of nitrogens with zero attached hydrogens (tertiary/aromatic N) is 3. The Morgan fingerprint density at radius 2 is 2.26 bits per heavy atom. The summed E-state index contributed by atoms with van der Waals surface area (Å²) in [5, 5.41) is 7.62. The zero-order chi connectivity index (χ0) is 13.7. The predicted molar refractivity (Wildman–Crippen MR) is 72.3 cm³/mol. The zero-order valence-electron chi connectivity index (χ0n) is 11.3. The molecule has 1 atom stereocenters. The van der Waals surface area contributed by atoms with Crippen LogP contribution in [0.15, 0.2) is 30.6 Å². The maximum absolute atomic E-state index is 13.1. The largest absolute Gasteiger partial charge is 0.313 e. The van der Waals surface area contributed by atoms with E-state index in [0.29, 0.717) is 6.04 Å². The molecule has 0 amide bonds. The molecule has 0 saturated carbocycles. The van der Waals surface area contributed by atoms with E-state index in [0.717, 1.165) is 30.8 Å². The van der Waals surface area contributed by atoms with Crippen LogP contribution in [-0.4, -0.2) is 27.4 Å². The average molecular weight is 262 g/mol. The van der Waals surface area contributed by atoms with E-state index >= 15 is 0 Å². The van der Waals surface area contributed by atoms with Crippen LogP contribution in [0, 0.1) is 5.82 Å². The first-order chi connectivity index (χ1) is 9.13. The molecule has 1 heterocycles. The minimum atomic E-state index is -0.178. The summed E-state index contributed by atoms with van der Waals surface area (Å²) in [6.07, 6.45) is 3.31. The molecule has 1 aromatic heterocycles. The van der Waals surface area contributed by atoms with E-state index in [1.165, 1.54) is 6.07 Å². The van der Waals surface area contributed by atoms with Gasteiger partial charge in [-0.1, -0.05) is 12.1 Å². The summed E-state index contributed by atoms with van der Waals surface area (Å²) in [4.78, 5) is 4.17. The smallest absolute Gasteiger partial charge is 0.151 e. The number of aromatic nitrogens is 3. The van der Waals surface area contributed by atoms with Gasteiger partial charge in [-0.3, -0.25) is 4.68 Å². The molecule has 0 saturated heterocycles. The van der Waals surface area contributed by atoms with E-state index in [4.69, 9.17) is 0 Å². The molecule has 2 rings (SSSR count). The zero-order valence-corrected chi connectivity index (χ0v) is 11.3. The number of rotatable bonds is 6. The topological polar surface area (TPSA) is 42.7 Å². The Labute approximate surface area is 112 Å². The van der Waals surface area contributed by atoms with Crippen molar-refractivity contribution >= 4 is 0 Å². The van der Waals surface area contributed by atoms with E-state index in [-0.39, 0.29) is 5.82 Å². The second kappa shape index (κ2) is 6.43. The van der Waals surface area contributed by atoms with Gasteiger partial charge in [0.25, 0.3) is 0 Å². The van der Waals surface area contributed by atoms with Crippen molar-refractivity contribution in [3.05, 3.63) is 47.8 Å². The lowest BCUT2D eigenvalue weighted by Crippen LogP contribution is -2.30. The molecule has 0 bridgehead atoms. The van der Waals surface area contributed by atoms with Gasteiger partial charge in [0.2, 0.25) is 0 Å². The lowest BCUT2D eigenvalue weighted by Gasteiger charge is -2.13. The fourth-order valence-corrected chi connectivity index (χ4v) is 2.02. The Kier molecular flexibility index (Phi) is 4.63. The summed E-state index contributed by atoms with van der Waals surface area (Å²) in [5.74, 6) is 0.662. The maximum Gasteiger partial charge on any atom is 0.151 e. The van der Waals surface area contributed by atoms with Gasteiger partial charge in [-0.05, 0) is 31.0 Å². The SMILES string of the molecule is CC(Cc1cccc(F)c1)NCCc1ncn(C)n1. The van der Waals surface area contributed by atoms with Crippen LogP contribution in [-0.2, 0) is 19.9 Å². The Bertz CT molecular complexity index is 524. The van der Waals surface area contributed by atoms with Crippen LogP contribution >= 0.6 is 0 Å². The Balaban J connectivity index is 1.74. The monoisotopic (exact) mass is 262 g/mol. The molecule has 2 aromatic rings. The van der Waals surface area contributed by atoms with Gasteiger partial charge in [-0.2, -0.15) is 5.10 Å². The third-order valence-electron chi connectivity index (χ3n) is 2.92. The number of halogens is 1. The first kappa shape index (κ1) is 13.7. The predicted octanol–water partition coefficient (Wildman–Crippen LogP) is 1.72. The lowest BCUT2D eigenvalue weighted by atomic mass is 10.1. The number of hydrogen-bond donors (Lipinski definition) is 1. The van der Waals surface area contributed by atoms with E-state index in [1.807, 2.05) is 13.1 Å². The molecule has 5 heteroatoms. The highest BCUT2D eigenvalue weighted by molar-refractivity contribution is 5.17. The summed E-state index contributed by atoms with van der Waals surface area (Å²) < 4.78 is 14.8. The third-order valence-corrected chi connectivity index (χ3v) is 2.92. The van der Waals surface area contributed by atoms with Crippen LogP contribution in [0.4, 0.5) is 4.39 Å². The fourth-order valence-electron chi connectivity index (χ4n) is 2.02. The first-order valence-electron chi connectivity index (χ1n) is 6.46. The van der Waals surface area contributed by atoms with Crippen molar-refractivity contribution in [1.29, 1.82) is 0 Å². The van der Waals surface area contributed by atoms with Gasteiger partial charge in [0, 0.05) is 26.1 Å². The second-order valence-corrected chi connectivity index (χ2v) is 4.77. The molecule has 0 spiro atoms. The standard InChI is InChI=1S/C14H19FN4/c1-11(8-12-4-3-5-13(15)9-12)16-7-6-14-17-10-19(2)18-14/h3-5,9-11,16H,6-8H2,1-2H3. The number of aryl methyl sites for hydroxylation is 1. The van der Waals surface area contributed by atoms with E-state index in [2.05, 4.69) is 22.3 Å². The Morgan fingerprint density at radius 1 is 1.42 bits per heavy atom. The van der Waals surface area contributed by atoms with E-state index in [9.17, 15) is 4.39 Å². The molecule has 102 valence electrons. The summed E-state index contributed by atoms with van der Waals surface area (Å²) in [7, 11) is 1.86. The fraction of sp³-hybridized carbons (Fsp3) is 0.429. The van der Waals surface area contributed by atoms with Gasteiger partial charge in [0.05, 0.1) is 0 Å². The molecule has 4 nitrogen and oxygen atoms in total. The highest BCUT2D eigenvalue weighted by Crippen LogP contribution is 2.06. The van der Waals surface area contributed by atoms with Crippen LogP contribution in [0.3, 0.4) is 0 Å². The molecule has 1 unspecified atom stereocenters. The molecular weight excluding hydrogens is 243 g/mol. The van der Waals surface area contributed by atoms with Gasteiger partial charge in [0.1, 0.15) is 12.1 Å². The molecule has 19 heavy (non-hydrogen) atoms. The lowest BCUT2D eigenvalue weighted by molar-refractivity contribution is 0.540. The van der Waals surface area contributed by atoms with Crippen molar-refractivity contribution in [1.82, 2.24) is 20.1 Å². The quantitative estimate of drug-likeness (QED) is 0.862. The normalized spacial score (nSPS) is 12.6. The molecule has 1 aromatic carbocycles. The van der Waals surface area contributed by atoms with Crippen molar-refractivity contribution in [3.63, 3.8) is 0 Å². The summed E-state index contributed by atoms with van der Waals surface area (Å²) in [6, 6.07) is 7.04. The van der Waals surface area contributed by atoms with Crippen molar-refractivity contribution in [2.75, 3.05) is 6.54 Å². The van der Waals surface area contributed by atoms with Gasteiger partial charge >= 0.3 is 0 Å². The first-order valence-corrected chi connectivity index (χ1v) is 6.46. The average Bonchev–Trinajstić information content (AvgIpc) is 2.75. The van der Waals surface area contributed by atoms with Crippen LogP contribution in [0.25, 0.3) is 0 Å². The molecule has 0 fully saturated rings. The minimum absolute atomic E-state index is 0.178. The summed E-state index contributed by atoms with van der Waals surface area (Å²) in [5.41, 5.74) is 1.01. The van der Waals surface area contributed by atoms with Gasteiger partial charge < -0.3 is 5.32 Å². The highest BCUT2D eigenvalue weighted by atomic mass is 19.1. The van der Waals surface area contributed by atoms with Crippen LogP contribution in [0.2, 0.25) is 0 Å². The van der Waals surface area contributed by atoms with Crippen molar-refractivity contribution in [2.24, 2.45) is 7.05 Å². The van der Waals surface area contributed by atoms with E-state index in [1.54, 1.807) is 23.1 Å². The molecular formula is C14H19FN4. The van der Waals surface area contributed by atoms with Crippen molar-refractivity contribution in [3.8, 4) is 0 Å². The maximum atomic E-state index is 13.1. The number of nitrogens with one attached hydrogen (secondary N) is 1. The van der Waals surface area contributed by atoms with Gasteiger partial charge in [0.15, 0.2) is 5.82 Å². The molecule has 0 aliphatic heterocycles. The van der Waals surface area contributed by atoms with Crippen molar-refractivity contribution < 1.29 is 4.39 Å². The molecule has 1 N–H and O–H groups in total. The van der Waals surface area contributed by atoms with Crippen molar-refractivity contribution in [2.45, 2.75) is 25.8 Å².